The SMILES string of the molecule is Cc1cccc(NC(=O)[C@H]2CC(=O)N(c3ccccc3)C2)c1C. The zero-order valence-corrected chi connectivity index (χ0v) is 13.4. The molecule has 2 amide bonds. The van der Waals surface area contributed by atoms with E-state index in [1.54, 1.807) is 4.90 Å². The first kappa shape index (κ1) is 15.3. The summed E-state index contributed by atoms with van der Waals surface area (Å²) in [5.74, 6) is -0.412. The number of rotatable bonds is 3. The van der Waals surface area contributed by atoms with Crippen LogP contribution >= 0.6 is 0 Å². The van der Waals surface area contributed by atoms with E-state index in [0.717, 1.165) is 22.5 Å². The molecule has 0 unspecified atom stereocenters. The summed E-state index contributed by atoms with van der Waals surface area (Å²) < 4.78 is 0. The molecule has 1 aliphatic heterocycles. The number of nitrogens with one attached hydrogen (secondary N) is 1. The van der Waals surface area contributed by atoms with Crippen molar-refractivity contribution in [3.8, 4) is 0 Å². The van der Waals surface area contributed by atoms with E-state index in [1.807, 2.05) is 62.4 Å². The summed E-state index contributed by atoms with van der Waals surface area (Å²) in [6, 6.07) is 15.3. The van der Waals surface area contributed by atoms with Gasteiger partial charge in [-0.3, -0.25) is 9.59 Å². The van der Waals surface area contributed by atoms with Gasteiger partial charge in [0.2, 0.25) is 11.8 Å². The molecule has 2 aromatic carbocycles. The van der Waals surface area contributed by atoms with Gasteiger partial charge in [-0.05, 0) is 43.2 Å². The number of carbonyl (C=O) groups excluding carboxylic acids is 2. The maximum absolute atomic E-state index is 12.5. The fraction of sp³-hybridized carbons (Fsp3) is 0.263. The number of carbonyl (C=O) groups is 2. The van der Waals surface area contributed by atoms with Gasteiger partial charge in [-0.1, -0.05) is 30.3 Å². The van der Waals surface area contributed by atoms with Crippen molar-refractivity contribution in [2.75, 3.05) is 16.8 Å². The standard InChI is InChI=1S/C19H20N2O2/c1-13-7-6-10-17(14(13)2)20-19(23)15-11-18(22)21(12-15)16-8-4-3-5-9-16/h3-10,15H,11-12H2,1-2H3,(H,20,23)/t15-/m0/s1. The fourth-order valence-electron chi connectivity index (χ4n) is 2.86. The highest BCUT2D eigenvalue weighted by molar-refractivity contribution is 6.03. The van der Waals surface area contributed by atoms with Crippen molar-refractivity contribution < 1.29 is 9.59 Å². The van der Waals surface area contributed by atoms with Gasteiger partial charge in [-0.2, -0.15) is 0 Å². The van der Waals surface area contributed by atoms with Gasteiger partial charge in [-0.15, -0.1) is 0 Å². The summed E-state index contributed by atoms with van der Waals surface area (Å²) in [5, 5.41) is 2.97. The first-order chi connectivity index (χ1) is 11.1. The zero-order chi connectivity index (χ0) is 16.4. The summed E-state index contributed by atoms with van der Waals surface area (Å²) in [6.45, 7) is 4.43. The number of para-hydroxylation sites is 1. The lowest BCUT2D eigenvalue weighted by molar-refractivity contribution is -0.122. The molecule has 0 bridgehead atoms. The van der Waals surface area contributed by atoms with Crippen LogP contribution in [0, 0.1) is 19.8 Å². The Morgan fingerprint density at radius 1 is 1.09 bits per heavy atom. The summed E-state index contributed by atoms with van der Waals surface area (Å²) in [6.07, 6.45) is 0.256. The lowest BCUT2D eigenvalue weighted by Gasteiger charge is -2.17. The van der Waals surface area contributed by atoms with Crippen LogP contribution in [0.25, 0.3) is 0 Å². The van der Waals surface area contributed by atoms with E-state index in [-0.39, 0.29) is 24.2 Å². The molecule has 4 heteroatoms. The molecular formula is C19H20N2O2. The van der Waals surface area contributed by atoms with Crippen molar-refractivity contribution in [1.29, 1.82) is 0 Å². The van der Waals surface area contributed by atoms with Crippen LogP contribution in [0.1, 0.15) is 17.5 Å². The summed E-state index contributed by atoms with van der Waals surface area (Å²) in [7, 11) is 0. The van der Waals surface area contributed by atoms with E-state index in [0.29, 0.717) is 6.54 Å². The van der Waals surface area contributed by atoms with Crippen LogP contribution < -0.4 is 10.2 Å². The number of amides is 2. The monoisotopic (exact) mass is 308 g/mol. The van der Waals surface area contributed by atoms with Gasteiger partial charge < -0.3 is 10.2 Å². The van der Waals surface area contributed by atoms with Gasteiger partial charge >= 0.3 is 0 Å². The third-order valence-corrected chi connectivity index (χ3v) is 4.43. The summed E-state index contributed by atoms with van der Waals surface area (Å²) in [5.41, 5.74) is 3.86. The van der Waals surface area contributed by atoms with E-state index in [4.69, 9.17) is 0 Å². The second-order valence-electron chi connectivity index (χ2n) is 5.98. The van der Waals surface area contributed by atoms with Crippen molar-refractivity contribution in [2.24, 2.45) is 5.92 Å². The Morgan fingerprint density at radius 3 is 2.57 bits per heavy atom. The van der Waals surface area contributed by atoms with Crippen LogP contribution in [0.15, 0.2) is 48.5 Å². The highest BCUT2D eigenvalue weighted by Gasteiger charge is 2.35. The fourth-order valence-corrected chi connectivity index (χ4v) is 2.86. The van der Waals surface area contributed by atoms with Gasteiger partial charge in [0.15, 0.2) is 0 Å². The second kappa shape index (κ2) is 6.24. The number of hydrogen-bond donors (Lipinski definition) is 1. The average molecular weight is 308 g/mol. The number of aryl methyl sites for hydroxylation is 1. The Bertz CT molecular complexity index is 740. The maximum atomic E-state index is 12.5. The van der Waals surface area contributed by atoms with Gasteiger partial charge in [0, 0.05) is 24.3 Å². The Hall–Kier alpha value is -2.62. The third-order valence-electron chi connectivity index (χ3n) is 4.43. The predicted octanol–water partition coefficient (Wildman–Crippen LogP) is 3.30. The Kier molecular flexibility index (Phi) is 4.15. The Balaban J connectivity index is 1.72. The van der Waals surface area contributed by atoms with E-state index in [2.05, 4.69) is 5.32 Å². The number of nitrogens with zero attached hydrogens (tertiary/aromatic N) is 1. The molecule has 0 spiro atoms. The molecule has 0 aliphatic carbocycles. The molecule has 3 rings (SSSR count). The third kappa shape index (κ3) is 3.11. The van der Waals surface area contributed by atoms with Gasteiger partial charge in [0.05, 0.1) is 5.92 Å². The molecule has 1 saturated heterocycles. The lowest BCUT2D eigenvalue weighted by atomic mass is 10.1. The molecule has 0 saturated carbocycles. The summed E-state index contributed by atoms with van der Waals surface area (Å²) >= 11 is 0. The van der Waals surface area contributed by atoms with Crippen molar-refractivity contribution >= 4 is 23.2 Å². The maximum Gasteiger partial charge on any atom is 0.229 e. The topological polar surface area (TPSA) is 49.4 Å². The van der Waals surface area contributed by atoms with Crippen molar-refractivity contribution in [3.05, 3.63) is 59.7 Å². The van der Waals surface area contributed by atoms with Crippen LogP contribution in [-0.2, 0) is 9.59 Å². The van der Waals surface area contributed by atoms with Crippen molar-refractivity contribution in [1.82, 2.24) is 0 Å². The van der Waals surface area contributed by atoms with E-state index < -0.39 is 0 Å². The Morgan fingerprint density at radius 2 is 1.83 bits per heavy atom. The predicted molar refractivity (Wildman–Crippen MR) is 91.4 cm³/mol. The molecule has 0 radical (unpaired) electrons. The molecule has 1 heterocycles. The van der Waals surface area contributed by atoms with Crippen LogP contribution in [0.4, 0.5) is 11.4 Å². The first-order valence-electron chi connectivity index (χ1n) is 7.79. The molecule has 1 aliphatic rings. The number of benzene rings is 2. The molecule has 1 fully saturated rings. The van der Waals surface area contributed by atoms with E-state index >= 15 is 0 Å². The minimum atomic E-state index is -0.317. The average Bonchev–Trinajstić information content (AvgIpc) is 2.95. The van der Waals surface area contributed by atoms with Gasteiger partial charge in [0.1, 0.15) is 0 Å². The number of anilines is 2. The van der Waals surface area contributed by atoms with Crippen molar-refractivity contribution in [3.63, 3.8) is 0 Å². The molecule has 1 N–H and O–H groups in total. The number of hydrogen-bond acceptors (Lipinski definition) is 2. The molecule has 23 heavy (non-hydrogen) atoms. The Labute approximate surface area is 136 Å². The first-order valence-corrected chi connectivity index (χ1v) is 7.79. The molecule has 4 nitrogen and oxygen atoms in total. The van der Waals surface area contributed by atoms with E-state index in [9.17, 15) is 9.59 Å². The van der Waals surface area contributed by atoms with E-state index in [1.165, 1.54) is 0 Å². The minimum absolute atomic E-state index is 0.00249. The normalized spacial score (nSPS) is 17.4. The smallest absolute Gasteiger partial charge is 0.229 e. The van der Waals surface area contributed by atoms with Crippen LogP contribution in [0.5, 0.6) is 0 Å². The second-order valence-corrected chi connectivity index (χ2v) is 5.98. The molecule has 2 aromatic rings. The summed E-state index contributed by atoms with van der Waals surface area (Å²) in [4.78, 5) is 26.4. The minimum Gasteiger partial charge on any atom is -0.326 e. The molecule has 1 atom stereocenters. The molecule has 118 valence electrons. The zero-order valence-electron chi connectivity index (χ0n) is 13.4. The molecular weight excluding hydrogens is 288 g/mol. The van der Waals surface area contributed by atoms with Crippen LogP contribution in [0.3, 0.4) is 0 Å². The highest BCUT2D eigenvalue weighted by Crippen LogP contribution is 2.26. The van der Waals surface area contributed by atoms with Gasteiger partial charge in [-0.25, -0.2) is 0 Å². The largest absolute Gasteiger partial charge is 0.326 e. The molecule has 0 aromatic heterocycles. The van der Waals surface area contributed by atoms with Crippen molar-refractivity contribution in [2.45, 2.75) is 20.3 Å². The van der Waals surface area contributed by atoms with Crippen LogP contribution in [-0.4, -0.2) is 18.4 Å². The van der Waals surface area contributed by atoms with Gasteiger partial charge in [0.25, 0.3) is 0 Å². The highest BCUT2D eigenvalue weighted by atomic mass is 16.2. The quantitative estimate of drug-likeness (QED) is 0.946. The lowest BCUT2D eigenvalue weighted by Crippen LogP contribution is -2.28. The van der Waals surface area contributed by atoms with Crippen LogP contribution in [0.2, 0.25) is 0 Å².